The molecular weight excluding hydrogens is 348 g/mol. The van der Waals surface area contributed by atoms with Crippen LogP contribution in [-0.2, 0) is 9.59 Å². The topological polar surface area (TPSA) is 109 Å². The molecule has 1 aromatic heterocycles. The molecule has 27 heavy (non-hydrogen) atoms. The highest BCUT2D eigenvalue weighted by atomic mass is 16.4. The molecule has 0 spiro atoms. The number of carbonyl (C=O) groups excluding carboxylic acids is 2. The van der Waals surface area contributed by atoms with Crippen LogP contribution in [0.4, 0.5) is 0 Å². The molecule has 0 saturated carbocycles. The quantitative estimate of drug-likeness (QED) is 0.690. The van der Waals surface area contributed by atoms with Crippen molar-refractivity contribution in [2.45, 2.75) is 47.1 Å². The summed E-state index contributed by atoms with van der Waals surface area (Å²) in [7, 11) is 0. The summed E-state index contributed by atoms with van der Waals surface area (Å²) < 4.78 is 5.74. The lowest BCUT2D eigenvalue weighted by molar-refractivity contribution is -0.142. The second-order valence-electron chi connectivity index (χ2n) is 7.23. The molecule has 0 aliphatic heterocycles. The Kier molecular flexibility index (Phi) is 6.25. The molecule has 0 bridgehead atoms. The Morgan fingerprint density at radius 2 is 1.74 bits per heavy atom. The number of carboxylic acid groups (broad SMARTS) is 1. The van der Waals surface area contributed by atoms with E-state index in [1.54, 1.807) is 6.92 Å². The van der Waals surface area contributed by atoms with Crippen molar-refractivity contribution in [3.63, 3.8) is 0 Å². The van der Waals surface area contributed by atoms with Gasteiger partial charge in [-0.2, -0.15) is 0 Å². The van der Waals surface area contributed by atoms with Crippen LogP contribution in [0.25, 0.3) is 11.0 Å². The summed E-state index contributed by atoms with van der Waals surface area (Å²) in [5.41, 5.74) is 3.30. The van der Waals surface area contributed by atoms with Crippen molar-refractivity contribution in [3.8, 4) is 0 Å². The van der Waals surface area contributed by atoms with Crippen molar-refractivity contribution in [2.24, 2.45) is 5.92 Å². The summed E-state index contributed by atoms with van der Waals surface area (Å²) in [6.07, 6.45) is 0.316. The lowest BCUT2D eigenvalue weighted by Gasteiger charge is -2.16. The zero-order chi connectivity index (χ0) is 20.3. The number of amides is 2. The lowest BCUT2D eigenvalue weighted by Crippen LogP contribution is -2.46. The van der Waals surface area contributed by atoms with Crippen molar-refractivity contribution in [1.82, 2.24) is 10.6 Å². The minimum Gasteiger partial charge on any atom is -0.480 e. The molecule has 0 radical (unpaired) electrons. The van der Waals surface area contributed by atoms with Gasteiger partial charge in [0.05, 0.1) is 6.54 Å². The Balaban J connectivity index is 2.08. The van der Waals surface area contributed by atoms with Crippen LogP contribution in [0.3, 0.4) is 0 Å². The number of furan rings is 1. The van der Waals surface area contributed by atoms with E-state index in [4.69, 9.17) is 4.42 Å². The lowest BCUT2D eigenvalue weighted by atomic mass is 10.0. The van der Waals surface area contributed by atoms with E-state index in [9.17, 15) is 19.5 Å². The largest absolute Gasteiger partial charge is 0.480 e. The summed E-state index contributed by atoms with van der Waals surface area (Å²) in [4.78, 5) is 35.7. The van der Waals surface area contributed by atoms with Gasteiger partial charge in [0.1, 0.15) is 11.6 Å². The molecular formula is C20H26N2O5. The molecule has 0 aliphatic carbocycles. The molecule has 2 amide bonds. The van der Waals surface area contributed by atoms with Gasteiger partial charge < -0.3 is 20.2 Å². The van der Waals surface area contributed by atoms with Gasteiger partial charge in [0.15, 0.2) is 5.76 Å². The smallest absolute Gasteiger partial charge is 0.326 e. The Labute approximate surface area is 158 Å². The fraction of sp³-hybridized carbons (Fsp3) is 0.450. The van der Waals surface area contributed by atoms with E-state index in [1.165, 1.54) is 0 Å². The summed E-state index contributed by atoms with van der Waals surface area (Å²) in [5.74, 6) is -1.88. The minimum absolute atomic E-state index is 0.116. The van der Waals surface area contributed by atoms with Gasteiger partial charge in [-0.3, -0.25) is 9.59 Å². The number of nitrogens with one attached hydrogen (secondary N) is 2. The van der Waals surface area contributed by atoms with Crippen LogP contribution in [0, 0.1) is 26.7 Å². The molecule has 1 atom stereocenters. The van der Waals surface area contributed by atoms with E-state index < -0.39 is 23.8 Å². The average molecular weight is 374 g/mol. The fourth-order valence-corrected chi connectivity index (χ4v) is 3.07. The first-order chi connectivity index (χ1) is 12.6. The van der Waals surface area contributed by atoms with Gasteiger partial charge in [-0.1, -0.05) is 26.0 Å². The standard InChI is InChI=1S/C20H26N2O5/c1-10(2)8-14(20(25)26)22-15(23)9-21-19(24)18-13(5)16-11(3)6-7-12(4)17(16)27-18/h6-7,10,14H,8-9H2,1-5H3,(H,21,24)(H,22,23)(H,25,26)/t14-/m0/s1. The molecule has 2 aromatic rings. The van der Waals surface area contributed by atoms with Crippen molar-refractivity contribution in [2.75, 3.05) is 6.54 Å². The van der Waals surface area contributed by atoms with Gasteiger partial charge in [-0.05, 0) is 44.2 Å². The number of fused-ring (bicyclic) bond motifs is 1. The van der Waals surface area contributed by atoms with Crippen molar-refractivity contribution >= 4 is 28.8 Å². The molecule has 0 fully saturated rings. The molecule has 7 nitrogen and oxygen atoms in total. The second kappa shape index (κ2) is 8.24. The molecule has 0 saturated heterocycles. The van der Waals surface area contributed by atoms with Crippen LogP contribution in [0.1, 0.15) is 47.5 Å². The van der Waals surface area contributed by atoms with Gasteiger partial charge in [0, 0.05) is 10.9 Å². The average Bonchev–Trinajstić information content (AvgIpc) is 2.94. The second-order valence-corrected chi connectivity index (χ2v) is 7.23. The van der Waals surface area contributed by atoms with Gasteiger partial charge in [0.25, 0.3) is 5.91 Å². The third-order valence-electron chi connectivity index (χ3n) is 4.44. The predicted molar refractivity (Wildman–Crippen MR) is 102 cm³/mol. The van der Waals surface area contributed by atoms with Crippen LogP contribution in [0.15, 0.2) is 16.5 Å². The van der Waals surface area contributed by atoms with E-state index >= 15 is 0 Å². The maximum atomic E-state index is 12.5. The first kappa shape index (κ1) is 20.5. The van der Waals surface area contributed by atoms with Gasteiger partial charge in [0.2, 0.25) is 5.91 Å². The van der Waals surface area contributed by atoms with E-state index in [-0.39, 0.29) is 18.2 Å². The normalized spacial score (nSPS) is 12.2. The SMILES string of the molecule is Cc1ccc(C)c2c(C)c(C(=O)NCC(=O)N[C@@H](CC(C)C)C(=O)O)oc12. The first-order valence-corrected chi connectivity index (χ1v) is 8.91. The monoisotopic (exact) mass is 374 g/mol. The van der Waals surface area contributed by atoms with E-state index in [0.29, 0.717) is 17.6 Å². The molecule has 1 aromatic carbocycles. The molecule has 1 heterocycles. The van der Waals surface area contributed by atoms with Crippen molar-refractivity contribution < 1.29 is 23.9 Å². The highest BCUT2D eigenvalue weighted by Gasteiger charge is 2.23. The highest BCUT2D eigenvalue weighted by Crippen LogP contribution is 2.30. The fourth-order valence-electron chi connectivity index (χ4n) is 3.07. The van der Waals surface area contributed by atoms with Gasteiger partial charge >= 0.3 is 5.97 Å². The number of aliphatic carboxylic acids is 1. The first-order valence-electron chi connectivity index (χ1n) is 8.91. The van der Waals surface area contributed by atoms with Crippen molar-refractivity contribution in [1.29, 1.82) is 0 Å². The molecule has 0 unspecified atom stereocenters. The maximum absolute atomic E-state index is 12.5. The van der Waals surface area contributed by atoms with Gasteiger partial charge in [-0.25, -0.2) is 4.79 Å². The number of benzene rings is 1. The molecule has 3 N–H and O–H groups in total. The number of aryl methyl sites for hydroxylation is 3. The summed E-state index contributed by atoms with van der Waals surface area (Å²) >= 11 is 0. The number of hydrogen-bond donors (Lipinski definition) is 3. The zero-order valence-electron chi connectivity index (χ0n) is 16.3. The predicted octanol–water partition coefficient (Wildman–Crippen LogP) is 2.70. The van der Waals surface area contributed by atoms with E-state index in [2.05, 4.69) is 10.6 Å². The summed E-state index contributed by atoms with van der Waals surface area (Å²) in [5, 5.41) is 15.0. The molecule has 0 aliphatic rings. The van der Waals surface area contributed by atoms with Gasteiger partial charge in [-0.15, -0.1) is 0 Å². The number of carboxylic acids is 1. The van der Waals surface area contributed by atoms with Crippen LogP contribution >= 0.6 is 0 Å². The summed E-state index contributed by atoms with van der Waals surface area (Å²) in [6, 6.07) is 2.92. The Morgan fingerprint density at radius 1 is 1.11 bits per heavy atom. The van der Waals surface area contributed by atoms with Crippen LogP contribution < -0.4 is 10.6 Å². The molecule has 7 heteroatoms. The Morgan fingerprint density at radius 3 is 2.30 bits per heavy atom. The third-order valence-corrected chi connectivity index (χ3v) is 4.44. The minimum atomic E-state index is -1.09. The zero-order valence-corrected chi connectivity index (χ0v) is 16.3. The van der Waals surface area contributed by atoms with E-state index in [1.807, 2.05) is 39.8 Å². The number of carbonyl (C=O) groups is 3. The third kappa shape index (κ3) is 4.67. The summed E-state index contributed by atoms with van der Waals surface area (Å²) in [6.45, 7) is 9.07. The molecule has 146 valence electrons. The number of rotatable bonds is 7. The number of hydrogen-bond acceptors (Lipinski definition) is 4. The van der Waals surface area contributed by atoms with Crippen LogP contribution in [0.2, 0.25) is 0 Å². The Hall–Kier alpha value is -2.83. The molecule has 2 rings (SSSR count). The van der Waals surface area contributed by atoms with Crippen molar-refractivity contribution in [3.05, 3.63) is 34.6 Å². The highest BCUT2D eigenvalue weighted by molar-refractivity contribution is 6.01. The maximum Gasteiger partial charge on any atom is 0.326 e. The van der Waals surface area contributed by atoms with E-state index in [0.717, 1.165) is 16.5 Å². The Bertz CT molecular complexity index is 882. The van der Waals surface area contributed by atoms with Crippen LogP contribution in [-0.4, -0.2) is 35.5 Å². The van der Waals surface area contributed by atoms with Crippen LogP contribution in [0.5, 0.6) is 0 Å².